The summed E-state index contributed by atoms with van der Waals surface area (Å²) in [6.45, 7) is -0.282. The Morgan fingerprint density at radius 3 is 2.32 bits per heavy atom. The van der Waals surface area contributed by atoms with E-state index in [1.807, 2.05) is 54.6 Å². The summed E-state index contributed by atoms with van der Waals surface area (Å²) in [6, 6.07) is 17.3. The summed E-state index contributed by atoms with van der Waals surface area (Å²) in [5.41, 5.74) is 1.20. The van der Waals surface area contributed by atoms with Gasteiger partial charge in [-0.1, -0.05) is 77.3 Å². The molecule has 0 unspecified atom stereocenters. The number of rotatable bonds is 5. The standard InChI is InChI=1S/C19H17Cl3O3/c1-24-15-9-7-14(8-10-15)18(17(23)25-12-19(20,21)22)11-16(18)13-5-3-2-4-6-13/h2-10,16H,11-12H2,1H3/t16-,18-/m0/s1. The molecule has 0 bridgehead atoms. The summed E-state index contributed by atoms with van der Waals surface area (Å²) in [5.74, 6) is 0.383. The zero-order valence-electron chi connectivity index (χ0n) is 13.5. The number of ether oxygens (including phenoxy) is 2. The minimum atomic E-state index is -1.63. The van der Waals surface area contributed by atoms with Crippen molar-refractivity contribution in [3.05, 3.63) is 65.7 Å². The number of hydrogen-bond acceptors (Lipinski definition) is 3. The molecule has 0 amide bonds. The van der Waals surface area contributed by atoms with Crippen LogP contribution >= 0.6 is 34.8 Å². The van der Waals surface area contributed by atoms with E-state index < -0.39 is 9.21 Å². The number of alkyl halides is 3. The van der Waals surface area contributed by atoms with Crippen molar-refractivity contribution in [1.29, 1.82) is 0 Å². The van der Waals surface area contributed by atoms with Gasteiger partial charge in [-0.15, -0.1) is 0 Å². The molecule has 2 aromatic carbocycles. The number of carbonyl (C=O) groups is 1. The summed E-state index contributed by atoms with van der Waals surface area (Å²) in [7, 11) is 1.60. The Balaban J connectivity index is 1.91. The molecule has 2 aromatic rings. The van der Waals surface area contributed by atoms with E-state index >= 15 is 0 Å². The average molecular weight is 400 g/mol. The molecule has 0 heterocycles. The smallest absolute Gasteiger partial charge is 0.317 e. The second-order valence-electron chi connectivity index (χ2n) is 6.06. The Hall–Kier alpha value is -1.42. The van der Waals surface area contributed by atoms with Gasteiger partial charge in [0.05, 0.1) is 7.11 Å². The van der Waals surface area contributed by atoms with Crippen molar-refractivity contribution in [2.45, 2.75) is 21.5 Å². The second kappa shape index (κ2) is 7.06. The molecule has 0 radical (unpaired) electrons. The van der Waals surface area contributed by atoms with E-state index in [1.165, 1.54) is 0 Å². The highest BCUT2D eigenvalue weighted by Gasteiger charge is 2.63. The van der Waals surface area contributed by atoms with Crippen LogP contribution in [0.25, 0.3) is 0 Å². The van der Waals surface area contributed by atoms with Crippen molar-refractivity contribution < 1.29 is 14.3 Å². The molecule has 0 spiro atoms. The second-order valence-corrected chi connectivity index (χ2v) is 8.57. The lowest BCUT2D eigenvalue weighted by Gasteiger charge is -2.19. The van der Waals surface area contributed by atoms with Crippen molar-refractivity contribution >= 4 is 40.8 Å². The maximum absolute atomic E-state index is 12.9. The Kier molecular flexibility index (Phi) is 5.19. The fourth-order valence-electron chi connectivity index (χ4n) is 3.18. The monoisotopic (exact) mass is 398 g/mol. The topological polar surface area (TPSA) is 35.5 Å². The van der Waals surface area contributed by atoms with Gasteiger partial charge in [0, 0.05) is 5.92 Å². The first-order chi connectivity index (χ1) is 11.9. The van der Waals surface area contributed by atoms with Crippen molar-refractivity contribution in [3.8, 4) is 5.75 Å². The number of carbonyl (C=O) groups excluding carboxylic acids is 1. The molecule has 0 N–H and O–H groups in total. The molecule has 0 saturated heterocycles. The number of methoxy groups -OCH3 is 1. The van der Waals surface area contributed by atoms with Gasteiger partial charge in [0.25, 0.3) is 0 Å². The lowest BCUT2D eigenvalue weighted by atomic mass is 9.90. The quantitative estimate of drug-likeness (QED) is 0.522. The highest BCUT2D eigenvalue weighted by Crippen LogP contribution is 2.61. The maximum Gasteiger partial charge on any atom is 0.317 e. The summed E-state index contributed by atoms with van der Waals surface area (Å²) in [4.78, 5) is 12.9. The zero-order valence-corrected chi connectivity index (χ0v) is 15.8. The third-order valence-corrected chi connectivity index (χ3v) is 4.83. The molecule has 3 rings (SSSR count). The van der Waals surface area contributed by atoms with Crippen LogP contribution in [0.5, 0.6) is 5.75 Å². The highest BCUT2D eigenvalue weighted by molar-refractivity contribution is 6.67. The summed E-state index contributed by atoms with van der Waals surface area (Å²) >= 11 is 17.2. The Morgan fingerprint density at radius 1 is 1.12 bits per heavy atom. The molecular formula is C19H17Cl3O3. The van der Waals surface area contributed by atoms with Gasteiger partial charge in [-0.3, -0.25) is 4.79 Å². The molecular weight excluding hydrogens is 383 g/mol. The largest absolute Gasteiger partial charge is 0.497 e. The number of halogens is 3. The van der Waals surface area contributed by atoms with Gasteiger partial charge in [-0.2, -0.15) is 0 Å². The lowest BCUT2D eigenvalue weighted by Crippen LogP contribution is -2.28. The molecule has 3 nitrogen and oxygen atoms in total. The van der Waals surface area contributed by atoms with E-state index in [0.29, 0.717) is 6.42 Å². The van der Waals surface area contributed by atoms with Crippen LogP contribution in [-0.4, -0.2) is 23.5 Å². The molecule has 0 aromatic heterocycles. The minimum absolute atomic E-state index is 0.0324. The van der Waals surface area contributed by atoms with Crippen LogP contribution in [0, 0.1) is 0 Å². The first-order valence-corrected chi connectivity index (χ1v) is 8.93. The van der Waals surface area contributed by atoms with Crippen LogP contribution in [0.3, 0.4) is 0 Å². The third kappa shape index (κ3) is 3.89. The third-order valence-electron chi connectivity index (χ3n) is 4.50. The molecule has 25 heavy (non-hydrogen) atoms. The van der Waals surface area contributed by atoms with Crippen molar-refractivity contribution in [3.63, 3.8) is 0 Å². The Bertz CT molecular complexity index is 741. The van der Waals surface area contributed by atoms with Crippen molar-refractivity contribution in [2.75, 3.05) is 13.7 Å². The van der Waals surface area contributed by atoms with E-state index in [4.69, 9.17) is 44.3 Å². The fraction of sp³-hybridized carbons (Fsp3) is 0.316. The number of benzene rings is 2. The van der Waals surface area contributed by atoms with Gasteiger partial charge in [0.15, 0.2) is 0 Å². The predicted molar refractivity (Wildman–Crippen MR) is 99.7 cm³/mol. The summed E-state index contributed by atoms with van der Waals surface area (Å²) in [5, 5.41) is 0. The molecule has 1 fully saturated rings. The van der Waals surface area contributed by atoms with Crippen LogP contribution in [0.2, 0.25) is 0 Å². The van der Waals surface area contributed by atoms with Gasteiger partial charge in [0.2, 0.25) is 3.79 Å². The van der Waals surface area contributed by atoms with E-state index in [2.05, 4.69) is 0 Å². The molecule has 1 aliphatic rings. The van der Waals surface area contributed by atoms with Gasteiger partial charge in [0.1, 0.15) is 17.8 Å². The first-order valence-electron chi connectivity index (χ1n) is 7.80. The van der Waals surface area contributed by atoms with E-state index in [-0.39, 0.29) is 18.5 Å². The van der Waals surface area contributed by atoms with E-state index in [1.54, 1.807) is 7.11 Å². The minimum Gasteiger partial charge on any atom is -0.497 e. The normalized spacial score (nSPS) is 22.3. The first kappa shape index (κ1) is 18.4. The van der Waals surface area contributed by atoms with Crippen molar-refractivity contribution in [2.24, 2.45) is 0 Å². The fourth-order valence-corrected chi connectivity index (χ4v) is 3.34. The summed E-state index contributed by atoms with van der Waals surface area (Å²) in [6.07, 6.45) is 0.655. The van der Waals surface area contributed by atoms with Crippen LogP contribution in [0.15, 0.2) is 54.6 Å². The van der Waals surface area contributed by atoms with Crippen molar-refractivity contribution in [1.82, 2.24) is 0 Å². The van der Waals surface area contributed by atoms with Crippen LogP contribution < -0.4 is 4.74 Å². The van der Waals surface area contributed by atoms with Crippen LogP contribution in [0.4, 0.5) is 0 Å². The van der Waals surface area contributed by atoms with Gasteiger partial charge < -0.3 is 9.47 Å². The van der Waals surface area contributed by atoms with Gasteiger partial charge >= 0.3 is 5.97 Å². The Labute approximate surface area is 161 Å². The molecule has 1 aliphatic carbocycles. The Morgan fingerprint density at radius 2 is 1.76 bits per heavy atom. The molecule has 6 heteroatoms. The average Bonchev–Trinajstić information content (AvgIpc) is 3.37. The lowest BCUT2D eigenvalue weighted by molar-refractivity contribution is -0.146. The molecule has 132 valence electrons. The molecule has 2 atom stereocenters. The SMILES string of the molecule is COc1ccc([C@@]2(C(=O)OCC(Cl)(Cl)Cl)C[C@H]2c2ccccc2)cc1. The molecule has 1 saturated carbocycles. The van der Waals surface area contributed by atoms with Crippen LogP contribution in [0.1, 0.15) is 23.5 Å². The van der Waals surface area contributed by atoms with Gasteiger partial charge in [-0.25, -0.2) is 0 Å². The van der Waals surface area contributed by atoms with Gasteiger partial charge in [-0.05, 0) is 29.7 Å². The number of esters is 1. The number of hydrogen-bond donors (Lipinski definition) is 0. The van der Waals surface area contributed by atoms with Crippen LogP contribution in [-0.2, 0) is 14.9 Å². The maximum atomic E-state index is 12.9. The highest BCUT2D eigenvalue weighted by atomic mass is 35.6. The molecule has 0 aliphatic heterocycles. The van der Waals surface area contributed by atoms with E-state index in [0.717, 1.165) is 16.9 Å². The zero-order chi connectivity index (χ0) is 18.1. The summed E-state index contributed by atoms with van der Waals surface area (Å²) < 4.78 is 8.90. The predicted octanol–water partition coefficient (Wildman–Crippen LogP) is 5.03. The van der Waals surface area contributed by atoms with E-state index in [9.17, 15) is 4.79 Å².